The van der Waals surface area contributed by atoms with E-state index >= 15 is 0 Å². The second kappa shape index (κ2) is 9.25. The van der Waals surface area contributed by atoms with E-state index < -0.39 is 0 Å². The molecule has 3 aromatic rings. The number of benzene rings is 3. The van der Waals surface area contributed by atoms with Crippen LogP contribution in [-0.4, -0.2) is 12.5 Å². The number of carbonyl (C=O) groups excluding carboxylic acids is 1. The summed E-state index contributed by atoms with van der Waals surface area (Å²) in [5, 5.41) is 2.87. The van der Waals surface area contributed by atoms with Crippen LogP contribution in [0.15, 0.2) is 91.5 Å². The molecule has 4 nitrogen and oxygen atoms in total. The van der Waals surface area contributed by atoms with Crippen LogP contribution in [0.25, 0.3) is 0 Å². The number of amides is 1. The average molecular weight is 359 g/mol. The third-order valence-electron chi connectivity index (χ3n) is 3.84. The number of carbonyl (C=O) groups is 1. The highest BCUT2D eigenvalue weighted by molar-refractivity contribution is 6.04. The second-order valence-electron chi connectivity index (χ2n) is 5.88. The minimum atomic E-state index is -0.178. The molecule has 0 spiro atoms. The summed E-state index contributed by atoms with van der Waals surface area (Å²) in [5.41, 5.74) is 2.37. The Morgan fingerprint density at radius 1 is 0.852 bits per heavy atom. The van der Waals surface area contributed by atoms with E-state index in [2.05, 4.69) is 11.9 Å². The van der Waals surface area contributed by atoms with Crippen LogP contribution in [0.4, 0.5) is 5.69 Å². The second-order valence-corrected chi connectivity index (χ2v) is 5.88. The molecular weight excluding hydrogens is 338 g/mol. The summed E-state index contributed by atoms with van der Waals surface area (Å²) >= 11 is 0. The van der Waals surface area contributed by atoms with Crippen LogP contribution in [0, 0.1) is 0 Å². The van der Waals surface area contributed by atoms with E-state index in [-0.39, 0.29) is 5.91 Å². The number of hydrogen-bond donors (Lipinski definition) is 1. The van der Waals surface area contributed by atoms with Gasteiger partial charge < -0.3 is 14.8 Å². The molecule has 0 radical (unpaired) electrons. The van der Waals surface area contributed by atoms with Gasteiger partial charge in [0.2, 0.25) is 0 Å². The molecule has 3 aromatic carbocycles. The molecule has 0 aromatic heterocycles. The van der Waals surface area contributed by atoms with Crippen molar-refractivity contribution >= 4 is 11.6 Å². The lowest BCUT2D eigenvalue weighted by molar-refractivity contribution is 0.102. The highest BCUT2D eigenvalue weighted by atomic mass is 16.5. The van der Waals surface area contributed by atoms with Crippen LogP contribution in [0.5, 0.6) is 11.5 Å². The smallest absolute Gasteiger partial charge is 0.255 e. The SMILES string of the molecule is C=CCOc1ccc(C(=O)Nc2ccc(OCc3ccccc3)cc2)cc1. The molecular formula is C23H21NO3. The van der Waals surface area contributed by atoms with Crippen molar-refractivity contribution < 1.29 is 14.3 Å². The fraction of sp³-hybridized carbons (Fsp3) is 0.0870. The van der Waals surface area contributed by atoms with E-state index in [0.29, 0.717) is 30.2 Å². The van der Waals surface area contributed by atoms with Crippen molar-refractivity contribution in [1.29, 1.82) is 0 Å². The minimum absolute atomic E-state index is 0.178. The molecule has 27 heavy (non-hydrogen) atoms. The minimum Gasteiger partial charge on any atom is -0.490 e. The lowest BCUT2D eigenvalue weighted by atomic mass is 10.2. The van der Waals surface area contributed by atoms with E-state index in [4.69, 9.17) is 9.47 Å². The summed E-state index contributed by atoms with van der Waals surface area (Å²) in [6, 6.07) is 24.3. The summed E-state index contributed by atoms with van der Waals surface area (Å²) in [5.74, 6) is 1.27. The summed E-state index contributed by atoms with van der Waals surface area (Å²) in [4.78, 5) is 12.3. The zero-order chi connectivity index (χ0) is 18.9. The van der Waals surface area contributed by atoms with Gasteiger partial charge >= 0.3 is 0 Å². The predicted molar refractivity (Wildman–Crippen MR) is 107 cm³/mol. The quantitative estimate of drug-likeness (QED) is 0.570. The topological polar surface area (TPSA) is 47.6 Å². The van der Waals surface area contributed by atoms with Crippen molar-refractivity contribution in [3.05, 3.63) is 103 Å². The van der Waals surface area contributed by atoms with Crippen molar-refractivity contribution in [3.8, 4) is 11.5 Å². The normalized spacial score (nSPS) is 10.1. The van der Waals surface area contributed by atoms with Gasteiger partial charge in [0.05, 0.1) is 0 Å². The van der Waals surface area contributed by atoms with E-state index in [1.165, 1.54) is 0 Å². The van der Waals surface area contributed by atoms with Gasteiger partial charge in [0.25, 0.3) is 5.91 Å². The van der Waals surface area contributed by atoms with E-state index in [1.807, 2.05) is 54.6 Å². The van der Waals surface area contributed by atoms with E-state index in [1.54, 1.807) is 30.3 Å². The predicted octanol–water partition coefficient (Wildman–Crippen LogP) is 5.08. The summed E-state index contributed by atoms with van der Waals surface area (Å²) < 4.78 is 11.2. The van der Waals surface area contributed by atoms with Crippen LogP contribution in [0.2, 0.25) is 0 Å². The van der Waals surface area contributed by atoms with Crippen LogP contribution >= 0.6 is 0 Å². The molecule has 0 atom stereocenters. The fourth-order valence-electron chi connectivity index (χ4n) is 2.44. The van der Waals surface area contributed by atoms with Gasteiger partial charge in [-0.2, -0.15) is 0 Å². The maximum Gasteiger partial charge on any atom is 0.255 e. The van der Waals surface area contributed by atoms with Crippen molar-refractivity contribution in [2.75, 3.05) is 11.9 Å². The molecule has 0 aliphatic carbocycles. The average Bonchev–Trinajstić information content (AvgIpc) is 2.73. The van der Waals surface area contributed by atoms with E-state index in [0.717, 1.165) is 11.3 Å². The summed E-state index contributed by atoms with van der Waals surface area (Å²) in [6.45, 7) is 4.54. The fourth-order valence-corrected chi connectivity index (χ4v) is 2.44. The largest absolute Gasteiger partial charge is 0.490 e. The van der Waals surface area contributed by atoms with Crippen molar-refractivity contribution in [2.45, 2.75) is 6.61 Å². The molecule has 0 aliphatic rings. The Hall–Kier alpha value is -3.53. The van der Waals surface area contributed by atoms with Crippen LogP contribution in [0.1, 0.15) is 15.9 Å². The van der Waals surface area contributed by atoms with E-state index in [9.17, 15) is 4.79 Å². The molecule has 0 heterocycles. The van der Waals surface area contributed by atoms with Crippen molar-refractivity contribution in [3.63, 3.8) is 0 Å². The molecule has 0 aliphatic heterocycles. The Morgan fingerprint density at radius 3 is 2.15 bits per heavy atom. The lowest BCUT2D eigenvalue weighted by Gasteiger charge is -2.09. The first-order valence-corrected chi connectivity index (χ1v) is 8.66. The van der Waals surface area contributed by atoms with Crippen molar-refractivity contribution in [1.82, 2.24) is 0 Å². The first kappa shape index (κ1) is 18.3. The molecule has 0 saturated carbocycles. The Bertz CT molecular complexity index is 872. The molecule has 3 rings (SSSR count). The zero-order valence-electron chi connectivity index (χ0n) is 14.9. The summed E-state index contributed by atoms with van der Waals surface area (Å²) in [6.07, 6.45) is 1.67. The molecule has 0 saturated heterocycles. The zero-order valence-corrected chi connectivity index (χ0v) is 14.9. The molecule has 136 valence electrons. The molecule has 1 amide bonds. The van der Waals surface area contributed by atoms with Gasteiger partial charge in [-0.05, 0) is 54.1 Å². The van der Waals surface area contributed by atoms with Gasteiger partial charge in [0.15, 0.2) is 0 Å². The first-order valence-electron chi connectivity index (χ1n) is 8.66. The third-order valence-corrected chi connectivity index (χ3v) is 3.84. The number of ether oxygens (including phenoxy) is 2. The van der Waals surface area contributed by atoms with Crippen LogP contribution < -0.4 is 14.8 Å². The van der Waals surface area contributed by atoms with Crippen LogP contribution in [0.3, 0.4) is 0 Å². The van der Waals surface area contributed by atoms with Crippen molar-refractivity contribution in [2.24, 2.45) is 0 Å². The molecule has 0 bridgehead atoms. The Labute approximate surface area is 159 Å². The van der Waals surface area contributed by atoms with Crippen LogP contribution in [-0.2, 0) is 6.61 Å². The monoisotopic (exact) mass is 359 g/mol. The lowest BCUT2D eigenvalue weighted by Crippen LogP contribution is -2.11. The van der Waals surface area contributed by atoms with Gasteiger partial charge in [0, 0.05) is 11.3 Å². The maximum atomic E-state index is 12.3. The highest BCUT2D eigenvalue weighted by Gasteiger charge is 2.06. The van der Waals surface area contributed by atoms with Gasteiger partial charge in [-0.3, -0.25) is 4.79 Å². The first-order chi connectivity index (χ1) is 13.2. The Kier molecular flexibility index (Phi) is 6.26. The molecule has 0 unspecified atom stereocenters. The Balaban J connectivity index is 1.54. The number of anilines is 1. The number of rotatable bonds is 8. The standard InChI is InChI=1S/C23H21NO3/c1-2-16-26-21-12-8-19(9-13-21)23(25)24-20-10-14-22(15-11-20)27-17-18-6-4-3-5-7-18/h2-15H,1,16-17H2,(H,24,25). The Morgan fingerprint density at radius 2 is 1.48 bits per heavy atom. The van der Waals surface area contributed by atoms with Gasteiger partial charge in [-0.25, -0.2) is 0 Å². The van der Waals surface area contributed by atoms with Gasteiger partial charge in [0.1, 0.15) is 24.7 Å². The maximum absolute atomic E-state index is 12.3. The summed E-state index contributed by atoms with van der Waals surface area (Å²) in [7, 11) is 0. The molecule has 0 fully saturated rings. The number of hydrogen-bond acceptors (Lipinski definition) is 3. The molecule has 1 N–H and O–H groups in total. The van der Waals surface area contributed by atoms with Gasteiger partial charge in [-0.1, -0.05) is 43.0 Å². The van der Waals surface area contributed by atoms with Gasteiger partial charge in [-0.15, -0.1) is 0 Å². The third kappa shape index (κ3) is 5.47. The number of nitrogens with one attached hydrogen (secondary N) is 1. The molecule has 4 heteroatoms. The highest BCUT2D eigenvalue weighted by Crippen LogP contribution is 2.18.